The van der Waals surface area contributed by atoms with E-state index in [0.717, 1.165) is 0 Å². The molecule has 0 amide bonds. The first-order valence-electron chi connectivity index (χ1n) is 5.54. The minimum atomic E-state index is -0.949. The van der Waals surface area contributed by atoms with E-state index >= 15 is 0 Å². The highest BCUT2D eigenvalue weighted by Gasteiger charge is 2.29. The zero-order valence-electron chi connectivity index (χ0n) is 10.6. The van der Waals surface area contributed by atoms with Crippen molar-refractivity contribution in [3.8, 4) is 0 Å². The number of esters is 2. The number of allylic oxidation sites excluding steroid dienone is 1. The molecule has 0 saturated heterocycles. The van der Waals surface area contributed by atoms with Crippen molar-refractivity contribution in [1.29, 1.82) is 0 Å². The van der Waals surface area contributed by atoms with E-state index in [1.165, 1.54) is 11.6 Å². The normalized spacial score (nSPS) is 11.5. The summed E-state index contributed by atoms with van der Waals surface area (Å²) in [6, 6.07) is 0. The summed E-state index contributed by atoms with van der Waals surface area (Å²) >= 11 is 5.38. The Morgan fingerprint density at radius 2 is 1.47 bits per heavy atom. The maximum absolute atomic E-state index is 11.7. The zero-order valence-corrected chi connectivity index (χ0v) is 11.4. The van der Waals surface area contributed by atoms with E-state index in [4.69, 9.17) is 21.1 Å². The number of carbonyl (C=O) groups is 2. The Morgan fingerprint density at radius 1 is 1.06 bits per heavy atom. The first kappa shape index (κ1) is 16.0. The van der Waals surface area contributed by atoms with E-state index in [9.17, 15) is 9.59 Å². The zero-order chi connectivity index (χ0) is 13.4. The van der Waals surface area contributed by atoms with Gasteiger partial charge in [0.1, 0.15) is 0 Å². The molecule has 0 rings (SSSR count). The molecule has 0 spiro atoms. The second-order valence-corrected chi connectivity index (χ2v) is 4.37. The topological polar surface area (TPSA) is 52.6 Å². The minimum absolute atomic E-state index is 0.181. The number of carbonyl (C=O) groups excluding carboxylic acids is 2. The van der Waals surface area contributed by atoms with Gasteiger partial charge < -0.3 is 9.47 Å². The molecule has 0 aliphatic carbocycles. The number of rotatable bonds is 6. The smallest absolute Gasteiger partial charge is 0.320 e. The molecule has 17 heavy (non-hydrogen) atoms. The van der Waals surface area contributed by atoms with Crippen LogP contribution in [0.5, 0.6) is 0 Å². The fraction of sp³-hybridized carbons (Fsp3) is 0.667. The molecule has 0 bridgehead atoms. The molecule has 5 heteroatoms. The van der Waals surface area contributed by atoms with Gasteiger partial charge in [0.25, 0.3) is 0 Å². The molecule has 0 atom stereocenters. The maximum atomic E-state index is 11.7. The summed E-state index contributed by atoms with van der Waals surface area (Å²) in [6.45, 7) is 6.89. The van der Waals surface area contributed by atoms with Crippen LogP contribution in [0.2, 0.25) is 0 Å². The Morgan fingerprint density at radius 3 is 1.76 bits per heavy atom. The fourth-order valence-electron chi connectivity index (χ4n) is 1.11. The van der Waals surface area contributed by atoms with Gasteiger partial charge in [-0.15, -0.1) is 0 Å². The molecule has 0 aliphatic heterocycles. The maximum Gasteiger partial charge on any atom is 0.320 e. The summed E-state index contributed by atoms with van der Waals surface area (Å²) in [5.41, 5.74) is 1.26. The summed E-state index contributed by atoms with van der Waals surface area (Å²) in [7, 11) is 0. The van der Waals surface area contributed by atoms with Gasteiger partial charge in [0, 0.05) is 5.54 Å². The van der Waals surface area contributed by atoms with Gasteiger partial charge in [0.2, 0.25) is 0 Å². The van der Waals surface area contributed by atoms with Crippen LogP contribution >= 0.6 is 11.6 Å². The van der Waals surface area contributed by atoms with E-state index in [1.807, 2.05) is 0 Å². The van der Waals surface area contributed by atoms with Crippen LogP contribution in [0.15, 0.2) is 11.6 Å². The van der Waals surface area contributed by atoms with Gasteiger partial charge in [-0.3, -0.25) is 9.59 Å². The third kappa shape index (κ3) is 7.00. The number of hydrogen-bond donors (Lipinski definition) is 0. The SMILES string of the molecule is CC(C)OC(=O)C(C/C=C/Cl)C(=O)OC(C)C. The van der Waals surface area contributed by atoms with Gasteiger partial charge in [-0.25, -0.2) is 0 Å². The van der Waals surface area contributed by atoms with Crippen LogP contribution in [0.1, 0.15) is 34.1 Å². The van der Waals surface area contributed by atoms with Crippen molar-refractivity contribution in [1.82, 2.24) is 0 Å². The number of hydrogen-bond acceptors (Lipinski definition) is 4. The average molecular weight is 263 g/mol. The van der Waals surface area contributed by atoms with Gasteiger partial charge in [0.15, 0.2) is 5.92 Å². The lowest BCUT2D eigenvalue weighted by Crippen LogP contribution is -2.30. The Labute approximate surface area is 107 Å². The lowest BCUT2D eigenvalue weighted by molar-refractivity contribution is -0.166. The summed E-state index contributed by atoms with van der Waals surface area (Å²) in [5.74, 6) is -2.12. The molecule has 0 aromatic rings. The monoisotopic (exact) mass is 262 g/mol. The van der Waals surface area contributed by atoms with Gasteiger partial charge in [-0.1, -0.05) is 17.7 Å². The van der Waals surface area contributed by atoms with Gasteiger partial charge >= 0.3 is 11.9 Å². The van der Waals surface area contributed by atoms with Crippen LogP contribution in [-0.4, -0.2) is 24.1 Å². The van der Waals surface area contributed by atoms with E-state index in [0.29, 0.717) is 0 Å². The van der Waals surface area contributed by atoms with Crippen LogP contribution in [0.3, 0.4) is 0 Å². The van der Waals surface area contributed by atoms with E-state index in [1.54, 1.807) is 27.7 Å². The summed E-state index contributed by atoms with van der Waals surface area (Å²) < 4.78 is 9.99. The van der Waals surface area contributed by atoms with Crippen LogP contribution < -0.4 is 0 Å². The largest absolute Gasteiger partial charge is 0.462 e. The van der Waals surface area contributed by atoms with Gasteiger partial charge in [-0.2, -0.15) is 0 Å². The van der Waals surface area contributed by atoms with Crippen molar-refractivity contribution in [3.63, 3.8) is 0 Å². The standard InChI is InChI=1S/C12H19ClO4/c1-8(2)16-11(14)10(6-5-7-13)12(15)17-9(3)4/h5,7-10H,6H2,1-4H3/b7-5+. The summed E-state index contributed by atoms with van der Waals surface area (Å²) in [6.07, 6.45) is 1.17. The fourth-order valence-corrected chi connectivity index (χ4v) is 1.21. The lowest BCUT2D eigenvalue weighted by Gasteiger charge is -2.17. The van der Waals surface area contributed by atoms with Crippen molar-refractivity contribution >= 4 is 23.5 Å². The molecule has 0 fully saturated rings. The first-order valence-corrected chi connectivity index (χ1v) is 5.98. The molecule has 0 heterocycles. The highest BCUT2D eigenvalue weighted by Crippen LogP contribution is 2.12. The minimum Gasteiger partial charge on any atom is -0.462 e. The van der Waals surface area contributed by atoms with Crippen LogP contribution in [0.4, 0.5) is 0 Å². The van der Waals surface area contributed by atoms with Gasteiger partial charge in [-0.05, 0) is 34.1 Å². The van der Waals surface area contributed by atoms with Crippen LogP contribution in [-0.2, 0) is 19.1 Å². The average Bonchev–Trinajstić information content (AvgIpc) is 2.15. The highest BCUT2D eigenvalue weighted by molar-refractivity contribution is 6.25. The van der Waals surface area contributed by atoms with Gasteiger partial charge in [0.05, 0.1) is 12.2 Å². The third-order valence-corrected chi connectivity index (χ3v) is 1.91. The quantitative estimate of drug-likeness (QED) is 0.545. The molecular formula is C12H19ClO4. The second kappa shape index (κ2) is 8.12. The highest BCUT2D eigenvalue weighted by atomic mass is 35.5. The molecular weight excluding hydrogens is 244 g/mol. The number of ether oxygens (including phenoxy) is 2. The van der Waals surface area contributed by atoms with Crippen molar-refractivity contribution < 1.29 is 19.1 Å². The van der Waals surface area contributed by atoms with Crippen LogP contribution in [0, 0.1) is 5.92 Å². The lowest BCUT2D eigenvalue weighted by atomic mass is 10.1. The molecule has 4 nitrogen and oxygen atoms in total. The summed E-state index contributed by atoms with van der Waals surface area (Å²) in [4.78, 5) is 23.4. The van der Waals surface area contributed by atoms with Crippen molar-refractivity contribution in [2.75, 3.05) is 0 Å². The molecule has 0 aliphatic rings. The van der Waals surface area contributed by atoms with E-state index in [-0.39, 0.29) is 18.6 Å². The van der Waals surface area contributed by atoms with E-state index < -0.39 is 17.9 Å². The Bertz CT molecular complexity index is 262. The molecule has 0 saturated carbocycles. The molecule has 0 aromatic heterocycles. The Hall–Kier alpha value is -1.03. The molecule has 0 radical (unpaired) electrons. The molecule has 98 valence electrons. The van der Waals surface area contributed by atoms with E-state index in [2.05, 4.69) is 0 Å². The Balaban J connectivity index is 4.62. The first-order chi connectivity index (χ1) is 7.88. The van der Waals surface area contributed by atoms with Crippen molar-refractivity contribution in [2.24, 2.45) is 5.92 Å². The molecule has 0 N–H and O–H groups in total. The summed E-state index contributed by atoms with van der Waals surface area (Å²) in [5, 5.41) is 0. The molecule has 0 aromatic carbocycles. The van der Waals surface area contributed by atoms with Crippen molar-refractivity contribution in [2.45, 2.75) is 46.3 Å². The second-order valence-electron chi connectivity index (χ2n) is 4.12. The number of halogens is 1. The molecule has 0 unspecified atom stereocenters. The predicted octanol–water partition coefficient (Wildman–Crippen LogP) is 2.65. The van der Waals surface area contributed by atoms with Crippen molar-refractivity contribution in [3.05, 3.63) is 11.6 Å². The predicted molar refractivity (Wildman–Crippen MR) is 65.6 cm³/mol. The Kier molecular flexibility index (Phi) is 7.63. The third-order valence-electron chi connectivity index (χ3n) is 1.73. The van der Waals surface area contributed by atoms with Crippen LogP contribution in [0.25, 0.3) is 0 Å².